The van der Waals surface area contributed by atoms with Crippen molar-refractivity contribution in [3.05, 3.63) is 35.9 Å². The Balaban J connectivity index is 1.87. The first-order valence-corrected chi connectivity index (χ1v) is 8.53. The first kappa shape index (κ1) is 18.9. The molecule has 7 nitrogen and oxygen atoms in total. The molecule has 1 aliphatic heterocycles. The van der Waals surface area contributed by atoms with Crippen LogP contribution >= 0.6 is 0 Å². The smallest absolute Gasteiger partial charge is 0.328 e. The maximum atomic E-state index is 12.3. The third-order valence-electron chi connectivity index (χ3n) is 4.61. The Hall–Kier alpha value is -2.41. The minimum atomic E-state index is -0.706. The van der Waals surface area contributed by atoms with E-state index in [9.17, 15) is 14.4 Å². The Kier molecular flexibility index (Phi) is 6.94. The van der Waals surface area contributed by atoms with E-state index in [1.165, 1.54) is 7.11 Å². The second kappa shape index (κ2) is 9.17. The molecule has 0 spiro atoms. The molecular weight excluding hydrogens is 322 g/mol. The van der Waals surface area contributed by atoms with Gasteiger partial charge in [-0.3, -0.25) is 9.59 Å². The number of likely N-dealkylation sites (tertiary alicyclic amines) is 1. The van der Waals surface area contributed by atoms with Gasteiger partial charge in [0.15, 0.2) is 6.54 Å². The van der Waals surface area contributed by atoms with Crippen LogP contribution in [-0.4, -0.2) is 50.6 Å². The SMILES string of the molecule is COC(=O)[C@H](Cc1ccccc1)NC(=O)C[NH+]1CCC(C(N)=O)CC1. The lowest BCUT2D eigenvalue weighted by atomic mass is 9.96. The van der Waals surface area contributed by atoms with Crippen molar-refractivity contribution < 1.29 is 24.0 Å². The van der Waals surface area contributed by atoms with Gasteiger partial charge in [-0.25, -0.2) is 4.79 Å². The van der Waals surface area contributed by atoms with Crippen molar-refractivity contribution in [3.8, 4) is 0 Å². The van der Waals surface area contributed by atoms with Crippen molar-refractivity contribution in [2.24, 2.45) is 11.7 Å². The highest BCUT2D eigenvalue weighted by Gasteiger charge is 2.28. The number of benzene rings is 1. The van der Waals surface area contributed by atoms with Gasteiger partial charge < -0.3 is 20.7 Å². The molecular formula is C18H26N3O4+. The molecule has 136 valence electrons. The number of hydrogen-bond acceptors (Lipinski definition) is 4. The van der Waals surface area contributed by atoms with E-state index in [0.29, 0.717) is 19.3 Å². The summed E-state index contributed by atoms with van der Waals surface area (Å²) in [7, 11) is 1.31. The number of hydrogen-bond donors (Lipinski definition) is 3. The van der Waals surface area contributed by atoms with Crippen molar-refractivity contribution in [2.75, 3.05) is 26.7 Å². The van der Waals surface area contributed by atoms with Gasteiger partial charge in [0.1, 0.15) is 6.04 Å². The molecule has 0 radical (unpaired) electrons. The van der Waals surface area contributed by atoms with E-state index in [2.05, 4.69) is 5.32 Å². The highest BCUT2D eigenvalue weighted by atomic mass is 16.5. The van der Waals surface area contributed by atoms with Gasteiger partial charge >= 0.3 is 5.97 Å². The zero-order valence-electron chi connectivity index (χ0n) is 14.5. The summed E-state index contributed by atoms with van der Waals surface area (Å²) >= 11 is 0. The summed E-state index contributed by atoms with van der Waals surface area (Å²) in [4.78, 5) is 36.6. The minimum absolute atomic E-state index is 0.0901. The first-order chi connectivity index (χ1) is 12.0. The van der Waals surface area contributed by atoms with E-state index in [1.54, 1.807) is 0 Å². The van der Waals surface area contributed by atoms with E-state index >= 15 is 0 Å². The number of primary amides is 1. The van der Waals surface area contributed by atoms with Crippen LogP contribution in [0.2, 0.25) is 0 Å². The molecule has 0 saturated carbocycles. The molecule has 1 fully saturated rings. The lowest BCUT2D eigenvalue weighted by molar-refractivity contribution is -0.897. The number of nitrogens with one attached hydrogen (secondary N) is 2. The number of amides is 2. The first-order valence-electron chi connectivity index (χ1n) is 8.53. The lowest BCUT2D eigenvalue weighted by Crippen LogP contribution is -3.14. The summed E-state index contributed by atoms with van der Waals surface area (Å²) in [5.41, 5.74) is 6.27. The average molecular weight is 348 g/mol. The second-order valence-corrected chi connectivity index (χ2v) is 6.44. The van der Waals surface area contributed by atoms with Crippen LogP contribution in [0.5, 0.6) is 0 Å². The standard InChI is InChI=1S/C18H25N3O4/c1-25-18(24)15(11-13-5-3-2-4-6-13)20-16(22)12-21-9-7-14(8-10-21)17(19)23/h2-6,14-15H,7-12H2,1H3,(H2,19,23)(H,20,22)/p+1/t15-/m0/s1. The van der Waals surface area contributed by atoms with Gasteiger partial charge in [-0.05, 0) is 5.56 Å². The van der Waals surface area contributed by atoms with Crippen molar-refractivity contribution in [2.45, 2.75) is 25.3 Å². The minimum Gasteiger partial charge on any atom is -0.467 e. The fraction of sp³-hybridized carbons (Fsp3) is 0.500. The molecule has 0 aromatic heterocycles. The molecule has 2 amide bonds. The van der Waals surface area contributed by atoms with Crippen molar-refractivity contribution in [3.63, 3.8) is 0 Å². The van der Waals surface area contributed by atoms with Gasteiger partial charge in [0.25, 0.3) is 5.91 Å². The topological polar surface area (TPSA) is 103 Å². The summed E-state index contributed by atoms with van der Waals surface area (Å²) in [6.07, 6.45) is 1.78. The van der Waals surface area contributed by atoms with Gasteiger partial charge in [-0.15, -0.1) is 0 Å². The van der Waals surface area contributed by atoms with Gasteiger partial charge in [-0.2, -0.15) is 0 Å². The molecule has 1 aliphatic rings. The Morgan fingerprint density at radius 1 is 1.24 bits per heavy atom. The largest absolute Gasteiger partial charge is 0.467 e. The highest BCUT2D eigenvalue weighted by Crippen LogP contribution is 2.08. The summed E-state index contributed by atoms with van der Waals surface area (Å²) in [5, 5.41) is 2.77. The number of nitrogens with two attached hydrogens (primary N) is 1. The Bertz CT molecular complexity index is 598. The molecule has 1 saturated heterocycles. The van der Waals surface area contributed by atoms with Crippen LogP contribution in [0.3, 0.4) is 0 Å². The molecule has 1 aromatic rings. The maximum absolute atomic E-state index is 12.3. The zero-order chi connectivity index (χ0) is 18.2. The van der Waals surface area contributed by atoms with Gasteiger partial charge in [0.05, 0.1) is 20.2 Å². The molecule has 1 atom stereocenters. The third-order valence-corrected chi connectivity index (χ3v) is 4.61. The monoisotopic (exact) mass is 348 g/mol. The van der Waals surface area contributed by atoms with Crippen LogP contribution in [0.1, 0.15) is 18.4 Å². The average Bonchev–Trinajstić information content (AvgIpc) is 2.61. The summed E-state index contributed by atoms with van der Waals surface area (Å²) < 4.78 is 4.80. The maximum Gasteiger partial charge on any atom is 0.328 e. The van der Waals surface area contributed by atoms with Gasteiger partial charge in [-0.1, -0.05) is 30.3 Å². The van der Waals surface area contributed by atoms with E-state index in [-0.39, 0.29) is 24.3 Å². The lowest BCUT2D eigenvalue weighted by Gasteiger charge is -2.27. The normalized spacial score (nSPS) is 21.2. The quantitative estimate of drug-likeness (QED) is 0.531. The van der Waals surface area contributed by atoms with Crippen molar-refractivity contribution in [1.29, 1.82) is 0 Å². The van der Waals surface area contributed by atoms with Gasteiger partial charge in [0.2, 0.25) is 5.91 Å². The Morgan fingerprint density at radius 2 is 1.88 bits per heavy atom. The fourth-order valence-electron chi connectivity index (χ4n) is 3.15. The number of quaternary nitrogens is 1. The van der Waals surface area contributed by atoms with Crippen LogP contribution in [0, 0.1) is 5.92 Å². The zero-order valence-corrected chi connectivity index (χ0v) is 14.5. The molecule has 0 unspecified atom stereocenters. The summed E-state index contributed by atoms with van der Waals surface area (Å²) in [6, 6.07) is 8.78. The number of carbonyl (C=O) groups is 3. The molecule has 2 rings (SSSR count). The van der Waals surface area contributed by atoms with Gasteiger partial charge in [0, 0.05) is 25.2 Å². The van der Waals surface area contributed by atoms with E-state index in [4.69, 9.17) is 10.5 Å². The summed E-state index contributed by atoms with van der Waals surface area (Å²) in [6.45, 7) is 1.72. The second-order valence-electron chi connectivity index (χ2n) is 6.44. The van der Waals surface area contributed by atoms with Crippen LogP contribution in [0.25, 0.3) is 0 Å². The van der Waals surface area contributed by atoms with E-state index in [1.807, 2.05) is 30.3 Å². The Morgan fingerprint density at radius 3 is 2.44 bits per heavy atom. The predicted molar refractivity (Wildman–Crippen MR) is 91.6 cm³/mol. The number of ether oxygens (including phenoxy) is 1. The number of methoxy groups -OCH3 is 1. The van der Waals surface area contributed by atoms with Crippen molar-refractivity contribution in [1.82, 2.24) is 5.32 Å². The predicted octanol–water partition coefficient (Wildman–Crippen LogP) is -1.33. The van der Waals surface area contributed by atoms with Crippen LogP contribution in [0.4, 0.5) is 0 Å². The van der Waals surface area contributed by atoms with E-state index < -0.39 is 12.0 Å². The van der Waals surface area contributed by atoms with Crippen LogP contribution < -0.4 is 16.0 Å². The molecule has 25 heavy (non-hydrogen) atoms. The van der Waals surface area contributed by atoms with E-state index in [0.717, 1.165) is 23.6 Å². The molecule has 7 heteroatoms. The molecule has 1 heterocycles. The molecule has 1 aromatic carbocycles. The third kappa shape index (κ3) is 5.86. The molecule has 0 aliphatic carbocycles. The number of carbonyl (C=O) groups excluding carboxylic acids is 3. The van der Waals surface area contributed by atoms with Crippen LogP contribution in [0.15, 0.2) is 30.3 Å². The number of esters is 1. The number of rotatable bonds is 7. The van der Waals surface area contributed by atoms with Crippen LogP contribution in [-0.2, 0) is 25.5 Å². The molecule has 4 N–H and O–H groups in total. The van der Waals surface area contributed by atoms with Crippen molar-refractivity contribution >= 4 is 17.8 Å². The highest BCUT2D eigenvalue weighted by molar-refractivity contribution is 5.85. The summed E-state index contributed by atoms with van der Waals surface area (Å²) in [5.74, 6) is -1.01. The Labute approximate surface area is 147 Å². The molecule has 0 bridgehead atoms. The number of piperidine rings is 1. The fourth-order valence-corrected chi connectivity index (χ4v) is 3.15.